The average Bonchev–Trinajstić information content (AvgIpc) is 2.72. The van der Waals surface area contributed by atoms with Crippen molar-refractivity contribution in [1.29, 1.82) is 0 Å². The van der Waals surface area contributed by atoms with E-state index in [0.717, 1.165) is 18.5 Å². The lowest BCUT2D eigenvalue weighted by atomic mass is 10.2. The molecule has 0 spiro atoms. The van der Waals surface area contributed by atoms with Crippen molar-refractivity contribution in [2.24, 2.45) is 4.99 Å². The average molecular weight is 252 g/mol. The van der Waals surface area contributed by atoms with Crippen LogP contribution in [0.25, 0.3) is 0 Å². The van der Waals surface area contributed by atoms with Crippen LogP contribution in [0.15, 0.2) is 11.1 Å². The summed E-state index contributed by atoms with van der Waals surface area (Å²) in [6.45, 7) is 6.05. The zero-order valence-electron chi connectivity index (χ0n) is 10.1. The van der Waals surface area contributed by atoms with Crippen LogP contribution in [0, 0.1) is 0 Å². The van der Waals surface area contributed by atoms with Crippen molar-refractivity contribution in [2.45, 2.75) is 20.3 Å². The molecule has 1 aromatic rings. The molecule has 4 nitrogen and oxygen atoms in total. The van der Waals surface area contributed by atoms with Gasteiger partial charge in [0.15, 0.2) is 5.06 Å². The third-order valence-corrected chi connectivity index (χ3v) is 3.82. The quantitative estimate of drug-likeness (QED) is 0.829. The molecule has 1 amide bonds. The minimum absolute atomic E-state index is 0.273. The van der Waals surface area contributed by atoms with Gasteiger partial charge in [-0.25, -0.2) is 4.79 Å². The van der Waals surface area contributed by atoms with Gasteiger partial charge in [-0.2, -0.15) is 0 Å². The lowest BCUT2D eigenvalue weighted by Gasteiger charge is -2.16. The van der Waals surface area contributed by atoms with Gasteiger partial charge in [0.1, 0.15) is 0 Å². The number of amides is 1. The smallest absolute Gasteiger partial charge is 0.399 e. The summed E-state index contributed by atoms with van der Waals surface area (Å²) >= 11 is 1.54. The Kier molecular flexibility index (Phi) is 3.78. The van der Waals surface area contributed by atoms with Crippen LogP contribution in [-0.4, -0.2) is 36.8 Å². The highest BCUT2D eigenvalue weighted by Crippen LogP contribution is 2.30. The summed E-state index contributed by atoms with van der Waals surface area (Å²) in [5.74, 6) is 0. The van der Waals surface area contributed by atoms with E-state index in [4.69, 9.17) is 4.74 Å². The van der Waals surface area contributed by atoms with Gasteiger partial charge in [-0.05, 0) is 13.8 Å². The Morgan fingerprint density at radius 2 is 2.29 bits per heavy atom. The van der Waals surface area contributed by atoms with E-state index in [9.17, 15) is 4.79 Å². The van der Waals surface area contributed by atoms with Crippen molar-refractivity contribution in [3.63, 3.8) is 0 Å². The molecule has 0 fully saturated rings. The fraction of sp³-hybridized carbons (Fsp3) is 0.500. The highest BCUT2D eigenvalue weighted by Gasteiger charge is 2.16. The van der Waals surface area contributed by atoms with Gasteiger partial charge < -0.3 is 9.64 Å². The number of thiophene rings is 1. The lowest BCUT2D eigenvalue weighted by molar-refractivity contribution is 0.158. The second-order valence-corrected chi connectivity index (χ2v) is 4.87. The molecule has 0 unspecified atom stereocenters. The van der Waals surface area contributed by atoms with Gasteiger partial charge in [0.25, 0.3) is 0 Å². The first-order valence-electron chi connectivity index (χ1n) is 5.83. The number of carbonyl (C=O) groups is 1. The van der Waals surface area contributed by atoms with E-state index in [1.165, 1.54) is 4.88 Å². The van der Waals surface area contributed by atoms with E-state index >= 15 is 0 Å². The fourth-order valence-electron chi connectivity index (χ4n) is 1.73. The predicted molar refractivity (Wildman–Crippen MR) is 69.4 cm³/mol. The van der Waals surface area contributed by atoms with Gasteiger partial charge in [0, 0.05) is 48.8 Å². The Labute approximate surface area is 105 Å². The summed E-state index contributed by atoms with van der Waals surface area (Å²) in [5.41, 5.74) is 1.09. The molecule has 0 bridgehead atoms. The molecule has 1 aromatic heterocycles. The largest absolute Gasteiger partial charge is 0.416 e. The molecule has 0 saturated carbocycles. The van der Waals surface area contributed by atoms with Crippen LogP contribution in [0.4, 0.5) is 4.79 Å². The number of hydrogen-bond donors (Lipinski definition) is 0. The lowest BCUT2D eigenvalue weighted by Crippen LogP contribution is -2.32. The van der Waals surface area contributed by atoms with Crippen LogP contribution in [0.2, 0.25) is 0 Å². The summed E-state index contributed by atoms with van der Waals surface area (Å²) in [4.78, 5) is 18.9. The first-order valence-corrected chi connectivity index (χ1v) is 6.65. The predicted octanol–water partition coefficient (Wildman–Crippen LogP) is 2.56. The van der Waals surface area contributed by atoms with Gasteiger partial charge in [-0.3, -0.25) is 4.99 Å². The van der Waals surface area contributed by atoms with Crippen LogP contribution in [-0.2, 0) is 6.42 Å². The number of aliphatic imine (C=N–C) groups is 1. The summed E-state index contributed by atoms with van der Waals surface area (Å²) in [6.07, 6.45) is 2.52. The molecule has 0 N–H and O–H groups in total. The van der Waals surface area contributed by atoms with Crippen LogP contribution in [0.1, 0.15) is 24.3 Å². The first-order chi connectivity index (χ1) is 8.24. The molecule has 1 aliphatic heterocycles. The topological polar surface area (TPSA) is 41.9 Å². The third kappa shape index (κ3) is 2.66. The molecule has 0 aromatic carbocycles. The van der Waals surface area contributed by atoms with Gasteiger partial charge in [-0.15, -0.1) is 11.3 Å². The van der Waals surface area contributed by atoms with Gasteiger partial charge in [0.05, 0.1) is 0 Å². The molecule has 2 heterocycles. The minimum Gasteiger partial charge on any atom is -0.399 e. The fourth-order valence-corrected chi connectivity index (χ4v) is 2.70. The van der Waals surface area contributed by atoms with Crippen LogP contribution in [0.3, 0.4) is 0 Å². The van der Waals surface area contributed by atoms with Crippen LogP contribution in [0.5, 0.6) is 5.06 Å². The van der Waals surface area contributed by atoms with Crippen LogP contribution >= 0.6 is 11.3 Å². The maximum atomic E-state index is 11.8. The summed E-state index contributed by atoms with van der Waals surface area (Å²) in [6, 6.07) is 1.89. The van der Waals surface area contributed by atoms with Crippen molar-refractivity contribution in [2.75, 3.05) is 19.6 Å². The van der Waals surface area contributed by atoms with Crippen molar-refractivity contribution in [3.05, 3.63) is 16.5 Å². The molecular formula is C12H16N2O2S. The molecule has 2 rings (SSSR count). The molecule has 5 heteroatoms. The highest BCUT2D eigenvalue weighted by molar-refractivity contribution is 7.14. The minimum atomic E-state index is -0.273. The summed E-state index contributed by atoms with van der Waals surface area (Å²) < 4.78 is 5.35. The van der Waals surface area contributed by atoms with Gasteiger partial charge >= 0.3 is 6.09 Å². The Bertz CT molecular complexity index is 436. The Morgan fingerprint density at radius 1 is 1.53 bits per heavy atom. The van der Waals surface area contributed by atoms with Crippen molar-refractivity contribution < 1.29 is 9.53 Å². The normalized spacial score (nSPS) is 13.3. The number of ether oxygens (including phenoxy) is 1. The first kappa shape index (κ1) is 12.1. The molecule has 0 saturated heterocycles. The van der Waals surface area contributed by atoms with E-state index in [1.54, 1.807) is 16.2 Å². The van der Waals surface area contributed by atoms with Crippen molar-refractivity contribution in [3.8, 4) is 5.06 Å². The number of carbonyl (C=O) groups excluding carboxylic acids is 1. The Morgan fingerprint density at radius 3 is 2.94 bits per heavy atom. The van der Waals surface area contributed by atoms with Gasteiger partial charge in [-0.1, -0.05) is 0 Å². The summed E-state index contributed by atoms with van der Waals surface area (Å²) in [7, 11) is 0. The zero-order chi connectivity index (χ0) is 12.3. The third-order valence-electron chi connectivity index (χ3n) is 2.73. The summed E-state index contributed by atoms with van der Waals surface area (Å²) in [5, 5.41) is 0.667. The van der Waals surface area contributed by atoms with E-state index in [-0.39, 0.29) is 6.09 Å². The SMILES string of the molecule is CCN(CC)C(=O)Oc1cc2c(s1)CCN=C2. The Balaban J connectivity index is 2.06. The zero-order valence-corrected chi connectivity index (χ0v) is 10.9. The number of fused-ring (bicyclic) bond motifs is 1. The molecule has 92 valence electrons. The van der Waals surface area contributed by atoms with Crippen LogP contribution < -0.4 is 4.74 Å². The monoisotopic (exact) mass is 252 g/mol. The van der Waals surface area contributed by atoms with E-state index in [2.05, 4.69) is 4.99 Å². The van der Waals surface area contributed by atoms with E-state index < -0.39 is 0 Å². The maximum absolute atomic E-state index is 11.8. The molecule has 0 atom stereocenters. The van der Waals surface area contributed by atoms with E-state index in [1.807, 2.05) is 26.1 Å². The van der Waals surface area contributed by atoms with E-state index in [0.29, 0.717) is 18.2 Å². The van der Waals surface area contributed by atoms with Crippen molar-refractivity contribution >= 4 is 23.6 Å². The van der Waals surface area contributed by atoms with Crippen molar-refractivity contribution in [1.82, 2.24) is 4.90 Å². The molecule has 17 heavy (non-hydrogen) atoms. The molecular weight excluding hydrogens is 236 g/mol. The maximum Gasteiger partial charge on any atom is 0.416 e. The van der Waals surface area contributed by atoms with Gasteiger partial charge in [0.2, 0.25) is 0 Å². The second kappa shape index (κ2) is 5.31. The molecule has 0 aliphatic carbocycles. The second-order valence-electron chi connectivity index (χ2n) is 3.77. The molecule has 0 radical (unpaired) electrons. The highest BCUT2D eigenvalue weighted by atomic mass is 32.1. The Hall–Kier alpha value is -1.36. The molecule has 1 aliphatic rings. The number of hydrogen-bond acceptors (Lipinski definition) is 4. The number of nitrogens with zero attached hydrogens (tertiary/aromatic N) is 2. The standard InChI is InChI=1S/C12H16N2O2S/c1-3-14(4-2)12(15)16-11-7-9-8-13-6-5-10(9)17-11/h7-8H,3-6H2,1-2H3. The number of rotatable bonds is 3.